The van der Waals surface area contributed by atoms with E-state index in [2.05, 4.69) is 4.98 Å². The Labute approximate surface area is 93.0 Å². The molecule has 1 rings (SSSR count). The van der Waals surface area contributed by atoms with Gasteiger partial charge < -0.3 is 19.8 Å². The Hall–Kier alpha value is 0.260. The van der Waals surface area contributed by atoms with E-state index in [4.69, 9.17) is 14.4 Å². The Morgan fingerprint density at radius 3 is 1.67 bits per heavy atom. The minimum Gasteiger partial charge on any atom is -0.781 e. The maximum absolute atomic E-state index is 8.63. The van der Waals surface area contributed by atoms with E-state index >= 15 is 0 Å². The van der Waals surface area contributed by atoms with Crippen LogP contribution in [0.3, 0.4) is 0 Å². The molecule has 0 saturated carbocycles. The van der Waals surface area contributed by atoms with Crippen molar-refractivity contribution in [2.75, 3.05) is 0 Å². The van der Waals surface area contributed by atoms with Gasteiger partial charge in [0.05, 0.1) is 0 Å². The molecule has 0 aliphatic carbocycles. The van der Waals surface area contributed by atoms with Crippen LogP contribution in [0.4, 0.5) is 0 Å². The maximum atomic E-state index is 8.63. The first-order valence-corrected chi connectivity index (χ1v) is 3.75. The van der Waals surface area contributed by atoms with Gasteiger partial charge in [-0.2, -0.15) is 0 Å². The van der Waals surface area contributed by atoms with Crippen molar-refractivity contribution in [1.29, 1.82) is 0 Å². The fourth-order valence-electron chi connectivity index (χ4n) is 0.313. The summed E-state index contributed by atoms with van der Waals surface area (Å²) in [5.74, 6) is 0. The van der Waals surface area contributed by atoms with Crippen molar-refractivity contribution >= 4 is 8.25 Å². The predicted octanol–water partition coefficient (Wildman–Crippen LogP) is -4.01. The summed E-state index contributed by atoms with van der Waals surface area (Å²) in [5.41, 5.74) is 0. The summed E-state index contributed by atoms with van der Waals surface area (Å²) in [6, 6.07) is 5.72. The number of hydrogen-bond acceptors (Lipinski definition) is 3. The molecule has 0 bridgehead atoms. The maximum Gasteiger partial charge on any atom is 1.00 e. The minimum atomic E-state index is -3.38. The van der Waals surface area contributed by atoms with Gasteiger partial charge in [0.25, 0.3) is 0 Å². The Balaban J connectivity index is -0.000000124. The summed E-state index contributed by atoms with van der Waals surface area (Å²) in [6.45, 7) is 0. The summed E-state index contributed by atoms with van der Waals surface area (Å²) in [7, 11) is -3.38. The van der Waals surface area contributed by atoms with Gasteiger partial charge in [0.15, 0.2) is 0 Å². The van der Waals surface area contributed by atoms with E-state index in [9.17, 15) is 0 Å². The van der Waals surface area contributed by atoms with Crippen LogP contribution in [0.2, 0.25) is 0 Å². The molecule has 0 saturated heterocycles. The van der Waals surface area contributed by atoms with Crippen molar-refractivity contribution < 1.29 is 49.4 Å². The van der Waals surface area contributed by atoms with Gasteiger partial charge in [0.2, 0.25) is 0 Å². The molecule has 5 nitrogen and oxygen atoms in total. The summed E-state index contributed by atoms with van der Waals surface area (Å²) in [6.07, 6.45) is 3.50. The predicted molar refractivity (Wildman–Crippen MR) is 39.1 cm³/mol. The molecule has 0 amide bonds. The van der Waals surface area contributed by atoms with Crippen LogP contribution < -0.4 is 34.5 Å². The van der Waals surface area contributed by atoms with E-state index in [1.165, 1.54) is 0 Å². The third-order valence-electron chi connectivity index (χ3n) is 0.566. The monoisotopic (exact) mass is 201 g/mol. The van der Waals surface area contributed by atoms with E-state index in [0.717, 1.165) is 0 Å². The van der Waals surface area contributed by atoms with Crippen LogP contribution in [0.25, 0.3) is 0 Å². The number of nitrogens with zero attached hydrogens (tertiary/aromatic N) is 1. The minimum absolute atomic E-state index is 0. The average Bonchev–Trinajstić information content (AvgIpc) is 1.90. The van der Waals surface area contributed by atoms with E-state index in [0.29, 0.717) is 0 Å². The molecule has 64 valence electrons. The van der Waals surface area contributed by atoms with Crippen LogP contribution >= 0.6 is 8.25 Å². The topological polar surface area (TPSA) is 105 Å². The second kappa shape index (κ2) is 13.8. The van der Waals surface area contributed by atoms with Gasteiger partial charge in [-0.15, -0.1) is 0 Å². The molecule has 1 atom stereocenters. The Morgan fingerprint density at radius 2 is 1.58 bits per heavy atom. The zero-order valence-corrected chi connectivity index (χ0v) is 9.60. The molecule has 1 aromatic heterocycles. The molecule has 0 fully saturated rings. The molecular formula is C5H9NNaO4P. The molecule has 12 heavy (non-hydrogen) atoms. The van der Waals surface area contributed by atoms with Crippen LogP contribution in [0, 0.1) is 0 Å². The van der Waals surface area contributed by atoms with Crippen LogP contribution in [-0.2, 0) is 4.57 Å². The number of rotatable bonds is 0. The third-order valence-corrected chi connectivity index (χ3v) is 0.566. The van der Waals surface area contributed by atoms with E-state index in [-0.39, 0.29) is 35.0 Å². The normalized spacial score (nSPS) is 9.17. The smallest absolute Gasteiger partial charge is 0.781 e. The van der Waals surface area contributed by atoms with Gasteiger partial charge >= 0.3 is 29.6 Å². The summed E-state index contributed by atoms with van der Waals surface area (Å²) >= 11 is 0. The largest absolute Gasteiger partial charge is 1.00 e. The number of aromatic nitrogens is 1. The quantitative estimate of drug-likeness (QED) is 0.341. The number of hydrogen-bond donors (Lipinski definition) is 1. The van der Waals surface area contributed by atoms with Crippen LogP contribution in [-0.4, -0.2) is 15.4 Å². The average molecular weight is 201 g/mol. The molecule has 1 heterocycles. The second-order valence-electron chi connectivity index (χ2n) is 1.29. The van der Waals surface area contributed by atoms with Crippen molar-refractivity contribution in [2.24, 2.45) is 0 Å². The Bertz CT molecular complexity index is 155. The molecule has 0 aliphatic heterocycles. The molecular weight excluding hydrogens is 192 g/mol. The molecule has 7 heteroatoms. The van der Waals surface area contributed by atoms with Crippen molar-refractivity contribution in [3.63, 3.8) is 0 Å². The summed E-state index contributed by atoms with van der Waals surface area (Å²) < 4.78 is 8.63. The first-order valence-electron chi connectivity index (χ1n) is 2.48. The van der Waals surface area contributed by atoms with Crippen molar-refractivity contribution in [3.05, 3.63) is 30.6 Å². The zero-order valence-electron chi connectivity index (χ0n) is 6.60. The molecule has 1 aromatic rings. The zero-order chi connectivity index (χ0) is 7.82. The van der Waals surface area contributed by atoms with E-state index in [1.807, 2.05) is 18.2 Å². The second-order valence-corrected chi connectivity index (χ2v) is 1.82. The van der Waals surface area contributed by atoms with Crippen molar-refractivity contribution in [2.45, 2.75) is 0 Å². The van der Waals surface area contributed by atoms with Gasteiger partial charge in [-0.3, -0.25) is 4.98 Å². The first-order chi connectivity index (χ1) is 4.73. The van der Waals surface area contributed by atoms with Crippen molar-refractivity contribution in [3.8, 4) is 0 Å². The van der Waals surface area contributed by atoms with Crippen LogP contribution in [0.1, 0.15) is 0 Å². The van der Waals surface area contributed by atoms with Gasteiger partial charge in [-0.05, 0) is 12.1 Å². The molecule has 1 unspecified atom stereocenters. The van der Waals surface area contributed by atoms with Crippen LogP contribution in [0.5, 0.6) is 0 Å². The van der Waals surface area contributed by atoms with E-state index < -0.39 is 8.25 Å². The molecule has 0 spiro atoms. The van der Waals surface area contributed by atoms with Crippen LogP contribution in [0.15, 0.2) is 30.6 Å². The third kappa shape index (κ3) is 22.5. The Kier molecular flexibility index (Phi) is 20.9. The Morgan fingerprint density at radius 1 is 1.25 bits per heavy atom. The van der Waals surface area contributed by atoms with Gasteiger partial charge in [-0.25, -0.2) is 0 Å². The van der Waals surface area contributed by atoms with E-state index in [1.54, 1.807) is 12.4 Å². The molecule has 0 aromatic carbocycles. The fourth-order valence-corrected chi connectivity index (χ4v) is 0.313. The summed E-state index contributed by atoms with van der Waals surface area (Å²) in [4.78, 5) is 19.5. The fraction of sp³-hybridized carbons (Fsp3) is 0. The number of pyridine rings is 1. The van der Waals surface area contributed by atoms with Gasteiger partial charge in [0.1, 0.15) is 8.25 Å². The molecule has 3 N–H and O–H groups in total. The molecule has 0 aliphatic rings. The van der Waals surface area contributed by atoms with Gasteiger partial charge in [0, 0.05) is 12.4 Å². The van der Waals surface area contributed by atoms with Crippen molar-refractivity contribution in [1.82, 2.24) is 4.98 Å². The van der Waals surface area contributed by atoms with Gasteiger partial charge in [-0.1, -0.05) is 6.07 Å². The SMILES string of the molecule is O.O=[PH]([O-])O.[Na+].c1ccncc1. The summed E-state index contributed by atoms with van der Waals surface area (Å²) in [5, 5.41) is 0. The molecule has 0 radical (unpaired) electrons. The first kappa shape index (κ1) is 18.1. The standard InChI is InChI=1S/C5H5N.Na.H3O3P.H2O/c1-2-4-6-5-3-1;;1-4(2)3;/h1-5H;;4H,(H2,1,2,3);1H2/q;+1;;/p-1.